The van der Waals surface area contributed by atoms with Gasteiger partial charge in [0, 0.05) is 52.5 Å². The summed E-state index contributed by atoms with van der Waals surface area (Å²) < 4.78 is 12.3. The Labute approximate surface area is 176 Å². The van der Waals surface area contributed by atoms with Crippen molar-refractivity contribution in [3.63, 3.8) is 0 Å². The number of aryl methyl sites for hydroxylation is 2. The number of carbonyl (C=O) groups is 2. The summed E-state index contributed by atoms with van der Waals surface area (Å²) in [6, 6.07) is 7.62. The van der Waals surface area contributed by atoms with Crippen LogP contribution in [0.25, 0.3) is 0 Å². The Hall–Kier alpha value is -3.07. The van der Waals surface area contributed by atoms with E-state index in [9.17, 15) is 9.59 Å². The molecule has 0 saturated carbocycles. The van der Waals surface area contributed by atoms with Crippen LogP contribution in [0.5, 0.6) is 11.6 Å². The number of methoxy groups -OCH3 is 1. The normalized spacial score (nSPS) is 14.4. The number of para-hydroxylation sites is 1. The lowest BCUT2D eigenvalue weighted by Gasteiger charge is -2.34. The van der Waals surface area contributed by atoms with Gasteiger partial charge in [-0.05, 0) is 18.6 Å². The molecular formula is C21H29N5O4. The van der Waals surface area contributed by atoms with E-state index in [0.29, 0.717) is 31.1 Å². The average Bonchev–Trinajstić information content (AvgIpc) is 3.14. The van der Waals surface area contributed by atoms with E-state index in [-0.39, 0.29) is 18.4 Å². The third-order valence-corrected chi connectivity index (χ3v) is 5.08. The first-order valence-electron chi connectivity index (χ1n) is 10.0. The largest absolute Gasteiger partial charge is 0.484 e. The highest BCUT2D eigenvalue weighted by Crippen LogP contribution is 2.18. The van der Waals surface area contributed by atoms with Crippen LogP contribution in [0.1, 0.15) is 15.9 Å². The van der Waals surface area contributed by atoms with Gasteiger partial charge in [-0.25, -0.2) is 0 Å². The van der Waals surface area contributed by atoms with E-state index < -0.39 is 0 Å². The van der Waals surface area contributed by atoms with Crippen LogP contribution in [0.3, 0.4) is 0 Å². The van der Waals surface area contributed by atoms with Crippen molar-refractivity contribution in [2.75, 3.05) is 53.0 Å². The smallest absolute Gasteiger partial charge is 0.261 e. The molecule has 1 aromatic heterocycles. The molecule has 2 amide bonds. The molecule has 2 heterocycles. The van der Waals surface area contributed by atoms with Gasteiger partial charge < -0.3 is 19.7 Å². The summed E-state index contributed by atoms with van der Waals surface area (Å²) in [7, 11) is 3.27. The fourth-order valence-electron chi connectivity index (χ4n) is 3.38. The summed E-state index contributed by atoms with van der Waals surface area (Å²) in [5, 5.41) is 7.03. The van der Waals surface area contributed by atoms with Gasteiger partial charge in [0.25, 0.3) is 11.8 Å². The second-order valence-corrected chi connectivity index (χ2v) is 7.26. The molecule has 1 aromatic carbocycles. The molecule has 30 heavy (non-hydrogen) atoms. The van der Waals surface area contributed by atoms with Crippen molar-refractivity contribution in [2.24, 2.45) is 7.05 Å². The average molecular weight is 415 g/mol. The lowest BCUT2D eigenvalue weighted by molar-refractivity contribution is -0.123. The molecule has 3 rings (SSSR count). The first-order valence-corrected chi connectivity index (χ1v) is 10.0. The van der Waals surface area contributed by atoms with E-state index in [4.69, 9.17) is 9.47 Å². The Morgan fingerprint density at radius 3 is 2.60 bits per heavy atom. The maximum Gasteiger partial charge on any atom is 0.261 e. The zero-order chi connectivity index (χ0) is 21.5. The van der Waals surface area contributed by atoms with Crippen molar-refractivity contribution in [1.82, 2.24) is 24.9 Å². The second kappa shape index (κ2) is 10.1. The van der Waals surface area contributed by atoms with Crippen LogP contribution in [0.2, 0.25) is 0 Å². The van der Waals surface area contributed by atoms with Gasteiger partial charge in [-0.3, -0.25) is 19.2 Å². The summed E-state index contributed by atoms with van der Waals surface area (Å²) in [4.78, 5) is 28.8. The molecule has 0 spiro atoms. The zero-order valence-electron chi connectivity index (χ0n) is 17.8. The van der Waals surface area contributed by atoms with Crippen molar-refractivity contribution >= 4 is 11.8 Å². The summed E-state index contributed by atoms with van der Waals surface area (Å²) >= 11 is 0. The SMILES string of the molecule is COc1nn(C)cc1C(=O)N1CCN(CCNC(=O)COc2ccccc2C)CC1. The van der Waals surface area contributed by atoms with Crippen LogP contribution in [0, 0.1) is 6.92 Å². The Morgan fingerprint density at radius 2 is 1.90 bits per heavy atom. The van der Waals surface area contributed by atoms with Crippen molar-refractivity contribution in [3.05, 3.63) is 41.6 Å². The third-order valence-electron chi connectivity index (χ3n) is 5.08. The number of piperazine rings is 1. The van der Waals surface area contributed by atoms with Gasteiger partial charge >= 0.3 is 0 Å². The zero-order valence-corrected chi connectivity index (χ0v) is 17.8. The molecular weight excluding hydrogens is 386 g/mol. The van der Waals surface area contributed by atoms with Crippen molar-refractivity contribution in [1.29, 1.82) is 0 Å². The predicted molar refractivity (Wildman–Crippen MR) is 112 cm³/mol. The minimum absolute atomic E-state index is 0.0000764. The second-order valence-electron chi connectivity index (χ2n) is 7.26. The number of nitrogens with zero attached hydrogens (tertiary/aromatic N) is 4. The Kier molecular flexibility index (Phi) is 7.29. The van der Waals surface area contributed by atoms with E-state index >= 15 is 0 Å². The summed E-state index contributed by atoms with van der Waals surface area (Å²) in [6.07, 6.45) is 1.68. The van der Waals surface area contributed by atoms with Gasteiger partial charge in [0.15, 0.2) is 6.61 Å². The number of amides is 2. The molecule has 0 bridgehead atoms. The van der Waals surface area contributed by atoms with Gasteiger partial charge in [-0.1, -0.05) is 18.2 Å². The molecule has 0 unspecified atom stereocenters. The van der Waals surface area contributed by atoms with Gasteiger partial charge in [0.2, 0.25) is 5.88 Å². The quantitative estimate of drug-likeness (QED) is 0.683. The molecule has 0 atom stereocenters. The fraction of sp³-hybridized carbons (Fsp3) is 0.476. The molecule has 1 aliphatic rings. The van der Waals surface area contributed by atoms with Crippen LogP contribution >= 0.6 is 0 Å². The molecule has 162 valence electrons. The minimum atomic E-state index is -0.143. The summed E-state index contributed by atoms with van der Waals surface area (Å²) in [5.41, 5.74) is 1.48. The summed E-state index contributed by atoms with van der Waals surface area (Å²) in [5.74, 6) is 0.858. The number of benzene rings is 1. The van der Waals surface area contributed by atoms with Crippen LogP contribution in [-0.2, 0) is 11.8 Å². The van der Waals surface area contributed by atoms with E-state index in [1.807, 2.05) is 36.1 Å². The van der Waals surface area contributed by atoms with Gasteiger partial charge in [-0.15, -0.1) is 5.10 Å². The molecule has 0 aliphatic carbocycles. The molecule has 1 aliphatic heterocycles. The van der Waals surface area contributed by atoms with Gasteiger partial charge in [0.1, 0.15) is 11.3 Å². The van der Waals surface area contributed by atoms with Crippen molar-refractivity contribution < 1.29 is 19.1 Å². The summed E-state index contributed by atoms with van der Waals surface area (Å²) in [6.45, 7) is 5.98. The van der Waals surface area contributed by atoms with Crippen LogP contribution in [0.15, 0.2) is 30.5 Å². The molecule has 2 aromatic rings. The highest BCUT2D eigenvalue weighted by molar-refractivity contribution is 5.96. The number of aromatic nitrogens is 2. The number of rotatable bonds is 8. The monoisotopic (exact) mass is 415 g/mol. The topological polar surface area (TPSA) is 88.9 Å². The van der Waals surface area contributed by atoms with Gasteiger partial charge in [0.05, 0.1) is 7.11 Å². The Bertz CT molecular complexity index is 874. The highest BCUT2D eigenvalue weighted by atomic mass is 16.5. The first kappa shape index (κ1) is 21.6. The molecule has 1 N–H and O–H groups in total. The van der Waals surface area contributed by atoms with Crippen molar-refractivity contribution in [3.8, 4) is 11.6 Å². The number of hydrogen-bond acceptors (Lipinski definition) is 6. The molecule has 0 radical (unpaired) electrons. The molecule has 1 saturated heterocycles. The predicted octanol–water partition coefficient (Wildman–Crippen LogP) is 0.690. The van der Waals surface area contributed by atoms with E-state index in [1.54, 1.807) is 17.9 Å². The molecule has 1 fully saturated rings. The van der Waals surface area contributed by atoms with Crippen molar-refractivity contribution in [2.45, 2.75) is 6.92 Å². The lowest BCUT2D eigenvalue weighted by Crippen LogP contribution is -2.50. The molecule has 9 nitrogen and oxygen atoms in total. The number of ether oxygens (including phenoxy) is 2. The maximum absolute atomic E-state index is 12.7. The lowest BCUT2D eigenvalue weighted by atomic mass is 10.2. The first-order chi connectivity index (χ1) is 14.5. The van der Waals surface area contributed by atoms with E-state index in [1.165, 1.54) is 7.11 Å². The number of carbonyl (C=O) groups excluding carboxylic acids is 2. The maximum atomic E-state index is 12.7. The van der Waals surface area contributed by atoms with Crippen LogP contribution < -0.4 is 14.8 Å². The highest BCUT2D eigenvalue weighted by Gasteiger charge is 2.26. The van der Waals surface area contributed by atoms with E-state index in [2.05, 4.69) is 15.3 Å². The third kappa shape index (κ3) is 5.50. The minimum Gasteiger partial charge on any atom is -0.484 e. The fourth-order valence-corrected chi connectivity index (χ4v) is 3.38. The van der Waals surface area contributed by atoms with Gasteiger partial charge in [-0.2, -0.15) is 0 Å². The number of nitrogens with one attached hydrogen (secondary N) is 1. The Balaban J connectivity index is 1.36. The van der Waals surface area contributed by atoms with E-state index in [0.717, 1.165) is 30.9 Å². The van der Waals surface area contributed by atoms with Crippen LogP contribution in [0.4, 0.5) is 0 Å². The Morgan fingerprint density at radius 1 is 1.17 bits per heavy atom. The number of hydrogen-bond donors (Lipinski definition) is 1. The molecule has 9 heteroatoms. The standard InChI is InChI=1S/C21H29N5O4/c1-16-6-4-5-7-18(16)30-15-19(27)22-8-9-25-10-12-26(13-11-25)21(28)17-14-24(2)23-20(17)29-3/h4-7,14H,8-13,15H2,1-3H3,(H,22,27). The van der Waals surface area contributed by atoms with Crippen LogP contribution in [-0.4, -0.2) is 84.4 Å².